The lowest BCUT2D eigenvalue weighted by Crippen LogP contribution is -2.49. The normalized spacial score (nSPS) is 21.3. The Morgan fingerprint density at radius 3 is 2.48 bits per heavy atom. The van der Waals surface area contributed by atoms with Crippen molar-refractivity contribution in [2.45, 2.75) is 25.6 Å². The van der Waals surface area contributed by atoms with E-state index >= 15 is 0 Å². The number of aliphatic carboxylic acids is 1. The fraction of sp³-hybridized carbons (Fsp3) is 0.368. The molecule has 8 heteroatoms. The van der Waals surface area contributed by atoms with Gasteiger partial charge in [0.1, 0.15) is 5.75 Å². The zero-order chi connectivity index (χ0) is 19.8. The highest BCUT2D eigenvalue weighted by atomic mass is 19.4. The van der Waals surface area contributed by atoms with E-state index in [0.29, 0.717) is 5.75 Å². The van der Waals surface area contributed by atoms with Crippen LogP contribution < -0.4 is 4.74 Å². The van der Waals surface area contributed by atoms with Crippen molar-refractivity contribution in [1.82, 2.24) is 4.90 Å². The first-order valence-corrected chi connectivity index (χ1v) is 8.39. The van der Waals surface area contributed by atoms with Crippen LogP contribution in [0.25, 0.3) is 10.8 Å². The second-order valence-corrected chi connectivity index (χ2v) is 6.63. The minimum atomic E-state index is -4.94. The molecule has 1 fully saturated rings. The molecule has 1 amide bonds. The lowest BCUT2D eigenvalue weighted by atomic mass is 9.86. The van der Waals surface area contributed by atoms with E-state index in [4.69, 9.17) is 9.84 Å². The molecule has 144 valence electrons. The molecule has 1 N–H and O–H groups in total. The molecule has 0 aromatic heterocycles. The summed E-state index contributed by atoms with van der Waals surface area (Å²) < 4.78 is 45.5. The number of carboxylic acids is 1. The molecule has 2 atom stereocenters. The number of rotatable bonds is 4. The van der Waals surface area contributed by atoms with E-state index in [1.807, 2.05) is 30.3 Å². The Kier molecular flexibility index (Phi) is 4.75. The number of amides is 1. The van der Waals surface area contributed by atoms with Gasteiger partial charge >= 0.3 is 12.1 Å². The fourth-order valence-corrected chi connectivity index (χ4v) is 3.32. The Morgan fingerprint density at radius 2 is 1.85 bits per heavy atom. The molecule has 0 bridgehead atoms. The molecular formula is C19H18F3NO4. The van der Waals surface area contributed by atoms with E-state index in [-0.39, 0.29) is 6.54 Å². The molecule has 0 saturated carbocycles. The number of ether oxygens (including phenoxy) is 1. The minimum absolute atomic E-state index is 0.284. The van der Waals surface area contributed by atoms with Crippen molar-refractivity contribution in [2.24, 2.45) is 5.41 Å². The van der Waals surface area contributed by atoms with Crippen LogP contribution in [0.3, 0.4) is 0 Å². The molecule has 1 aliphatic heterocycles. The second kappa shape index (κ2) is 6.75. The number of carboxylic acid groups (broad SMARTS) is 1. The first-order chi connectivity index (χ1) is 12.7. The number of benzene rings is 2. The molecule has 27 heavy (non-hydrogen) atoms. The van der Waals surface area contributed by atoms with Gasteiger partial charge in [-0.15, -0.1) is 0 Å². The van der Waals surface area contributed by atoms with Crippen LogP contribution in [0.5, 0.6) is 5.75 Å². The van der Waals surface area contributed by atoms with Crippen LogP contribution in [0, 0.1) is 5.41 Å². The number of nitrogens with zero attached hydrogens (tertiary/aromatic N) is 1. The number of hydrogen-bond donors (Lipinski definition) is 1. The van der Waals surface area contributed by atoms with Crippen molar-refractivity contribution >= 4 is 22.6 Å². The molecule has 1 saturated heterocycles. The molecule has 0 radical (unpaired) electrons. The highest BCUT2D eigenvalue weighted by Gasteiger charge is 2.64. The number of fused-ring (bicyclic) bond motifs is 1. The monoisotopic (exact) mass is 381 g/mol. The van der Waals surface area contributed by atoms with E-state index in [2.05, 4.69) is 0 Å². The number of hydrogen-bond acceptors (Lipinski definition) is 3. The van der Waals surface area contributed by atoms with Crippen molar-refractivity contribution in [3.63, 3.8) is 0 Å². The maximum atomic E-state index is 13.3. The molecule has 1 aliphatic rings. The van der Waals surface area contributed by atoms with Gasteiger partial charge in [-0.2, -0.15) is 13.2 Å². The van der Waals surface area contributed by atoms with Crippen molar-refractivity contribution < 1.29 is 32.6 Å². The summed E-state index contributed by atoms with van der Waals surface area (Å²) in [5.41, 5.74) is -2.93. The predicted octanol–water partition coefficient (Wildman–Crippen LogP) is 3.47. The zero-order valence-corrected chi connectivity index (χ0v) is 14.5. The summed E-state index contributed by atoms with van der Waals surface area (Å²) in [5, 5.41) is 10.8. The molecule has 5 nitrogen and oxygen atoms in total. The molecule has 3 rings (SSSR count). The highest BCUT2D eigenvalue weighted by Crippen LogP contribution is 2.45. The predicted molar refractivity (Wildman–Crippen MR) is 91.4 cm³/mol. The molecule has 0 spiro atoms. The maximum absolute atomic E-state index is 13.3. The third kappa shape index (κ3) is 3.31. The molecule has 0 aliphatic carbocycles. The third-order valence-corrected chi connectivity index (χ3v) is 4.93. The van der Waals surface area contributed by atoms with E-state index in [1.165, 1.54) is 6.92 Å². The van der Waals surface area contributed by atoms with Crippen LogP contribution in [-0.2, 0) is 9.59 Å². The summed E-state index contributed by atoms with van der Waals surface area (Å²) >= 11 is 0. The first-order valence-electron chi connectivity index (χ1n) is 8.39. The largest absolute Gasteiger partial charge is 0.481 e. The Labute approximate surface area is 153 Å². The van der Waals surface area contributed by atoms with Gasteiger partial charge in [0.25, 0.3) is 5.91 Å². The van der Waals surface area contributed by atoms with E-state index in [1.54, 1.807) is 12.1 Å². The fourth-order valence-electron chi connectivity index (χ4n) is 3.32. The van der Waals surface area contributed by atoms with Crippen LogP contribution in [0.15, 0.2) is 42.5 Å². The molecule has 2 unspecified atom stereocenters. The van der Waals surface area contributed by atoms with Crippen molar-refractivity contribution in [1.29, 1.82) is 0 Å². The van der Waals surface area contributed by atoms with Crippen molar-refractivity contribution in [2.75, 3.05) is 13.1 Å². The lowest BCUT2D eigenvalue weighted by molar-refractivity contribution is -0.227. The van der Waals surface area contributed by atoms with Gasteiger partial charge in [-0.05, 0) is 24.8 Å². The SMILES string of the molecule is CC(Oc1cccc2ccccc12)C(=O)N1CCC(C(=O)O)(C(F)(F)F)C1. The van der Waals surface area contributed by atoms with Crippen LogP contribution in [0.4, 0.5) is 13.2 Å². The van der Waals surface area contributed by atoms with Gasteiger partial charge in [0.2, 0.25) is 0 Å². The van der Waals surface area contributed by atoms with Gasteiger partial charge in [-0.3, -0.25) is 9.59 Å². The number of carbonyl (C=O) groups excluding carboxylic acids is 1. The first kappa shape index (κ1) is 19.0. The maximum Gasteiger partial charge on any atom is 0.406 e. The number of carbonyl (C=O) groups is 2. The zero-order valence-electron chi connectivity index (χ0n) is 14.5. The summed E-state index contributed by atoms with van der Waals surface area (Å²) in [6.07, 6.45) is -6.65. The van der Waals surface area contributed by atoms with Gasteiger partial charge in [-0.25, -0.2) is 0 Å². The van der Waals surface area contributed by atoms with Crippen LogP contribution in [0.2, 0.25) is 0 Å². The average molecular weight is 381 g/mol. The minimum Gasteiger partial charge on any atom is -0.481 e. The van der Waals surface area contributed by atoms with Gasteiger partial charge in [-0.1, -0.05) is 36.4 Å². The standard InChI is InChI=1S/C19H18F3NO4/c1-12(27-15-8-4-6-13-5-2-3-7-14(13)15)16(24)23-10-9-18(11-23,17(25)26)19(20,21)22/h2-8,12H,9-11H2,1H3,(H,25,26). The summed E-state index contributed by atoms with van der Waals surface area (Å²) in [6, 6.07) is 12.7. The Bertz CT molecular complexity index is 877. The molecule has 2 aromatic carbocycles. The van der Waals surface area contributed by atoms with Gasteiger partial charge in [0.05, 0.1) is 0 Å². The van der Waals surface area contributed by atoms with Crippen LogP contribution in [-0.4, -0.2) is 47.3 Å². The second-order valence-electron chi connectivity index (χ2n) is 6.63. The Balaban J connectivity index is 1.77. The summed E-state index contributed by atoms with van der Waals surface area (Å²) in [7, 11) is 0. The smallest absolute Gasteiger partial charge is 0.406 e. The van der Waals surface area contributed by atoms with Crippen LogP contribution >= 0.6 is 0 Å². The van der Waals surface area contributed by atoms with Crippen molar-refractivity contribution in [3.8, 4) is 5.75 Å². The topological polar surface area (TPSA) is 66.8 Å². The number of likely N-dealkylation sites (tertiary alicyclic amines) is 1. The molecular weight excluding hydrogens is 363 g/mol. The number of alkyl halides is 3. The third-order valence-electron chi connectivity index (χ3n) is 4.93. The average Bonchev–Trinajstić information content (AvgIpc) is 3.08. The summed E-state index contributed by atoms with van der Waals surface area (Å²) in [4.78, 5) is 24.7. The quantitative estimate of drug-likeness (QED) is 0.881. The summed E-state index contributed by atoms with van der Waals surface area (Å²) in [6.45, 7) is 0.250. The Morgan fingerprint density at radius 1 is 1.19 bits per heavy atom. The van der Waals surface area contributed by atoms with Crippen molar-refractivity contribution in [3.05, 3.63) is 42.5 Å². The number of halogens is 3. The van der Waals surface area contributed by atoms with Gasteiger partial charge in [0.15, 0.2) is 11.5 Å². The van der Waals surface area contributed by atoms with E-state index < -0.39 is 42.5 Å². The Hall–Kier alpha value is -2.77. The van der Waals surface area contributed by atoms with E-state index in [9.17, 15) is 22.8 Å². The molecule has 1 heterocycles. The highest BCUT2D eigenvalue weighted by molar-refractivity contribution is 5.89. The molecule has 2 aromatic rings. The summed E-state index contributed by atoms with van der Waals surface area (Å²) in [5.74, 6) is -2.20. The van der Waals surface area contributed by atoms with Crippen LogP contribution in [0.1, 0.15) is 13.3 Å². The van der Waals surface area contributed by atoms with E-state index in [0.717, 1.165) is 15.7 Å². The lowest BCUT2D eigenvalue weighted by Gasteiger charge is -2.28. The van der Waals surface area contributed by atoms with Gasteiger partial charge < -0.3 is 14.7 Å². The van der Waals surface area contributed by atoms with Gasteiger partial charge in [0, 0.05) is 18.5 Å².